The van der Waals surface area contributed by atoms with Crippen molar-refractivity contribution < 1.29 is 0 Å². The van der Waals surface area contributed by atoms with Gasteiger partial charge in [-0.05, 0) is 12.1 Å². The molecule has 0 radical (unpaired) electrons. The fourth-order valence-electron chi connectivity index (χ4n) is 3.01. The van der Waals surface area contributed by atoms with Gasteiger partial charge >= 0.3 is 0 Å². The van der Waals surface area contributed by atoms with E-state index in [-0.39, 0.29) is 5.95 Å². The second-order valence-electron chi connectivity index (χ2n) is 6.95. The van der Waals surface area contributed by atoms with Gasteiger partial charge in [0.15, 0.2) is 0 Å². The van der Waals surface area contributed by atoms with E-state index >= 15 is 0 Å². The third-order valence-electron chi connectivity index (χ3n) is 4.43. The van der Waals surface area contributed by atoms with Crippen molar-refractivity contribution in [3.05, 3.63) is 78.2 Å². The third-order valence-corrected chi connectivity index (χ3v) is 5.41. The van der Waals surface area contributed by atoms with Gasteiger partial charge in [-0.1, -0.05) is 48.5 Å². The highest BCUT2D eigenvalue weighted by atomic mass is 32.2. The zero-order valence-corrected chi connectivity index (χ0v) is 17.8. The molecule has 0 aliphatic rings. The Balaban J connectivity index is 1.57. The maximum atomic E-state index is 5.84. The molecular weight excluding hydrogens is 394 g/mol. The van der Waals surface area contributed by atoms with Gasteiger partial charge < -0.3 is 10.6 Å². The Bertz CT molecular complexity index is 1110. The van der Waals surface area contributed by atoms with Crippen molar-refractivity contribution in [2.24, 2.45) is 0 Å². The first kappa shape index (κ1) is 19.9. The standard InChI is InChI=1S/C22H23N7S/c1-28(2)22-25-19(24-21(23)26-22)15-30-14-17-13-29(18-11-7-4-8-12-18)27-20(17)16-9-5-3-6-10-16/h3-13H,14-15H2,1-2H3,(H2,23,24,25,26). The molecule has 7 nitrogen and oxygen atoms in total. The Hall–Kier alpha value is -3.39. The van der Waals surface area contributed by atoms with Crippen LogP contribution in [0.2, 0.25) is 0 Å². The number of nitrogens with zero attached hydrogens (tertiary/aromatic N) is 6. The zero-order valence-electron chi connectivity index (χ0n) is 16.9. The summed E-state index contributed by atoms with van der Waals surface area (Å²) in [6.07, 6.45) is 2.09. The largest absolute Gasteiger partial charge is 0.368 e. The Kier molecular flexibility index (Phi) is 5.94. The van der Waals surface area contributed by atoms with Gasteiger partial charge in [-0.3, -0.25) is 0 Å². The normalized spacial score (nSPS) is 10.9. The molecule has 2 N–H and O–H groups in total. The molecule has 0 saturated carbocycles. The third kappa shape index (κ3) is 4.60. The molecule has 4 rings (SSSR count). The summed E-state index contributed by atoms with van der Waals surface area (Å²) in [6, 6.07) is 20.4. The van der Waals surface area contributed by atoms with Crippen LogP contribution in [-0.4, -0.2) is 38.8 Å². The van der Waals surface area contributed by atoms with E-state index < -0.39 is 0 Å². The smallest absolute Gasteiger partial charge is 0.229 e. The molecule has 30 heavy (non-hydrogen) atoms. The summed E-state index contributed by atoms with van der Waals surface area (Å²) in [5.41, 5.74) is 10.1. The number of aromatic nitrogens is 5. The minimum absolute atomic E-state index is 0.242. The second kappa shape index (κ2) is 8.96. The first-order valence-corrected chi connectivity index (χ1v) is 10.7. The van der Waals surface area contributed by atoms with Crippen LogP contribution >= 0.6 is 11.8 Å². The van der Waals surface area contributed by atoms with E-state index in [9.17, 15) is 0 Å². The van der Waals surface area contributed by atoms with Crippen LogP contribution in [0.15, 0.2) is 66.9 Å². The molecule has 0 spiro atoms. The minimum atomic E-state index is 0.242. The van der Waals surface area contributed by atoms with Gasteiger partial charge in [-0.25, -0.2) is 4.68 Å². The average molecular weight is 418 g/mol. The van der Waals surface area contributed by atoms with Gasteiger partial charge in [0.1, 0.15) is 5.82 Å². The summed E-state index contributed by atoms with van der Waals surface area (Å²) < 4.78 is 1.93. The minimum Gasteiger partial charge on any atom is -0.368 e. The summed E-state index contributed by atoms with van der Waals surface area (Å²) >= 11 is 1.73. The molecular formula is C22H23N7S. The van der Waals surface area contributed by atoms with Gasteiger partial charge in [0.05, 0.1) is 17.1 Å². The van der Waals surface area contributed by atoms with Crippen molar-refractivity contribution in [3.63, 3.8) is 0 Å². The molecule has 0 amide bonds. The highest BCUT2D eigenvalue weighted by Crippen LogP contribution is 2.28. The molecule has 2 heterocycles. The van der Waals surface area contributed by atoms with Crippen molar-refractivity contribution >= 4 is 23.7 Å². The first-order chi connectivity index (χ1) is 14.6. The van der Waals surface area contributed by atoms with Crippen molar-refractivity contribution in [2.45, 2.75) is 11.5 Å². The van der Waals surface area contributed by atoms with E-state index in [1.54, 1.807) is 11.8 Å². The number of anilines is 2. The highest BCUT2D eigenvalue weighted by Gasteiger charge is 2.13. The van der Waals surface area contributed by atoms with Crippen LogP contribution in [0.3, 0.4) is 0 Å². The van der Waals surface area contributed by atoms with E-state index in [4.69, 9.17) is 10.8 Å². The van der Waals surface area contributed by atoms with Crippen molar-refractivity contribution in [1.82, 2.24) is 24.7 Å². The van der Waals surface area contributed by atoms with E-state index in [1.807, 2.05) is 60.1 Å². The molecule has 8 heteroatoms. The topological polar surface area (TPSA) is 85.8 Å². The molecule has 0 aliphatic heterocycles. The Morgan fingerprint density at radius 1 is 0.900 bits per heavy atom. The van der Waals surface area contributed by atoms with Gasteiger partial charge in [0, 0.05) is 37.2 Å². The lowest BCUT2D eigenvalue weighted by Crippen LogP contribution is -2.15. The van der Waals surface area contributed by atoms with Gasteiger partial charge in [-0.15, -0.1) is 11.8 Å². The summed E-state index contributed by atoms with van der Waals surface area (Å²) in [6.45, 7) is 0. The fourth-order valence-corrected chi connectivity index (χ4v) is 3.85. The summed E-state index contributed by atoms with van der Waals surface area (Å²) in [7, 11) is 3.77. The second-order valence-corrected chi connectivity index (χ2v) is 7.93. The van der Waals surface area contributed by atoms with Crippen LogP contribution in [-0.2, 0) is 11.5 Å². The fraction of sp³-hybridized carbons (Fsp3) is 0.182. The monoisotopic (exact) mass is 417 g/mol. The number of nitrogens with two attached hydrogens (primary N) is 1. The van der Waals surface area contributed by atoms with Crippen LogP contribution in [0, 0.1) is 0 Å². The Labute approximate surface area is 180 Å². The van der Waals surface area contributed by atoms with E-state index in [1.165, 1.54) is 0 Å². The van der Waals surface area contributed by atoms with Gasteiger partial charge in [0.25, 0.3) is 0 Å². The maximum Gasteiger partial charge on any atom is 0.229 e. The molecule has 0 saturated heterocycles. The molecule has 152 valence electrons. The average Bonchev–Trinajstić information content (AvgIpc) is 3.19. The predicted octanol–water partition coefficient (Wildman–Crippen LogP) is 3.81. The van der Waals surface area contributed by atoms with Crippen LogP contribution in [0.5, 0.6) is 0 Å². The van der Waals surface area contributed by atoms with Crippen LogP contribution in [0.1, 0.15) is 11.4 Å². The maximum absolute atomic E-state index is 5.84. The van der Waals surface area contributed by atoms with Crippen molar-refractivity contribution in [3.8, 4) is 16.9 Å². The lowest BCUT2D eigenvalue weighted by atomic mass is 10.1. The molecule has 2 aromatic carbocycles. The summed E-state index contributed by atoms with van der Waals surface area (Å²) in [4.78, 5) is 14.7. The number of para-hydroxylation sites is 1. The van der Waals surface area contributed by atoms with Crippen molar-refractivity contribution in [1.29, 1.82) is 0 Å². The van der Waals surface area contributed by atoms with Crippen molar-refractivity contribution in [2.75, 3.05) is 24.7 Å². The van der Waals surface area contributed by atoms with Crippen LogP contribution in [0.4, 0.5) is 11.9 Å². The molecule has 2 aromatic heterocycles. The molecule has 0 bridgehead atoms. The van der Waals surface area contributed by atoms with Crippen LogP contribution in [0.25, 0.3) is 16.9 Å². The predicted molar refractivity (Wildman–Crippen MR) is 123 cm³/mol. The molecule has 0 atom stereocenters. The first-order valence-electron chi connectivity index (χ1n) is 9.55. The quantitative estimate of drug-likeness (QED) is 0.489. The van der Waals surface area contributed by atoms with Gasteiger partial charge in [-0.2, -0.15) is 20.1 Å². The molecule has 0 unspecified atom stereocenters. The lowest BCUT2D eigenvalue weighted by Gasteiger charge is -2.11. The van der Waals surface area contributed by atoms with E-state index in [0.717, 1.165) is 28.3 Å². The Morgan fingerprint density at radius 2 is 1.60 bits per heavy atom. The number of benzene rings is 2. The highest BCUT2D eigenvalue weighted by molar-refractivity contribution is 7.97. The van der Waals surface area contributed by atoms with Gasteiger partial charge in [0.2, 0.25) is 11.9 Å². The number of nitrogen functional groups attached to an aromatic ring is 1. The van der Waals surface area contributed by atoms with E-state index in [0.29, 0.717) is 17.5 Å². The number of rotatable bonds is 7. The molecule has 4 aromatic rings. The van der Waals surface area contributed by atoms with Crippen LogP contribution < -0.4 is 10.6 Å². The number of hydrogen-bond donors (Lipinski definition) is 1. The molecule has 0 aliphatic carbocycles. The lowest BCUT2D eigenvalue weighted by molar-refractivity contribution is 0.884. The summed E-state index contributed by atoms with van der Waals surface area (Å²) in [5, 5.41) is 4.86. The zero-order chi connectivity index (χ0) is 20.9. The molecule has 0 fully saturated rings. The SMILES string of the molecule is CN(C)c1nc(N)nc(CSCc2cn(-c3ccccc3)nc2-c2ccccc2)n1. The van der Waals surface area contributed by atoms with E-state index in [2.05, 4.69) is 45.4 Å². The number of hydrogen-bond acceptors (Lipinski definition) is 7. The number of thioether (sulfide) groups is 1. The summed E-state index contributed by atoms with van der Waals surface area (Å²) in [5.74, 6) is 2.90. The Morgan fingerprint density at radius 3 is 2.30 bits per heavy atom.